The van der Waals surface area contributed by atoms with Gasteiger partial charge in [0, 0.05) is 19.3 Å². The zero-order chi connectivity index (χ0) is 14.4. The number of nitrogens with two attached hydrogens (primary N) is 3. The highest BCUT2D eigenvalue weighted by atomic mass is 16.1. The van der Waals surface area contributed by atoms with Crippen LogP contribution in [0.3, 0.4) is 0 Å². The van der Waals surface area contributed by atoms with E-state index in [1.807, 2.05) is 0 Å². The molecule has 0 aliphatic heterocycles. The van der Waals surface area contributed by atoms with E-state index in [2.05, 4.69) is 6.92 Å². The first kappa shape index (κ1) is 18.8. The molecule has 0 rings (SSSR count). The molecule has 3 amide bonds. The van der Waals surface area contributed by atoms with Gasteiger partial charge in [-0.25, -0.2) is 0 Å². The second kappa shape index (κ2) is 13.5. The van der Waals surface area contributed by atoms with Crippen molar-refractivity contribution in [1.82, 2.24) is 0 Å². The Labute approximate surface area is 108 Å². The van der Waals surface area contributed by atoms with Gasteiger partial charge in [0.2, 0.25) is 17.7 Å². The molecule has 0 atom stereocenters. The molecule has 0 heterocycles. The minimum absolute atomic E-state index is 0.182. The maximum Gasteiger partial charge on any atom is 0.217 e. The second-order valence-electron chi connectivity index (χ2n) is 4.06. The molecule has 18 heavy (non-hydrogen) atoms. The van der Waals surface area contributed by atoms with Gasteiger partial charge in [0.25, 0.3) is 0 Å². The highest BCUT2D eigenvalue weighted by Crippen LogP contribution is 1.97. The minimum Gasteiger partial charge on any atom is -0.370 e. The molecule has 0 bridgehead atoms. The molecule has 0 aliphatic carbocycles. The summed E-state index contributed by atoms with van der Waals surface area (Å²) in [4.78, 5) is 30.4. The van der Waals surface area contributed by atoms with Gasteiger partial charge in [0.05, 0.1) is 0 Å². The predicted molar refractivity (Wildman–Crippen MR) is 70.2 cm³/mol. The zero-order valence-electron chi connectivity index (χ0n) is 11.1. The van der Waals surface area contributed by atoms with Crippen LogP contribution in [0, 0.1) is 0 Å². The Kier molecular flexibility index (Phi) is 14.0. The quantitative estimate of drug-likeness (QED) is 0.523. The first-order valence-corrected chi connectivity index (χ1v) is 6.25. The van der Waals surface area contributed by atoms with Gasteiger partial charge in [-0.1, -0.05) is 19.8 Å². The SMILES string of the molecule is CCCCCC(N)=O.NC(=O)CCCCC(N)=O. The zero-order valence-corrected chi connectivity index (χ0v) is 11.1. The molecule has 0 fully saturated rings. The predicted octanol–water partition coefficient (Wildman–Crippen LogP) is 0.569. The van der Waals surface area contributed by atoms with Crippen molar-refractivity contribution in [2.45, 2.75) is 58.3 Å². The second-order valence-corrected chi connectivity index (χ2v) is 4.06. The summed E-state index contributed by atoms with van der Waals surface area (Å²) in [6.45, 7) is 2.10. The van der Waals surface area contributed by atoms with Crippen molar-refractivity contribution < 1.29 is 14.4 Å². The minimum atomic E-state index is -0.329. The normalized spacial score (nSPS) is 9.17. The Balaban J connectivity index is 0. The van der Waals surface area contributed by atoms with E-state index in [9.17, 15) is 14.4 Å². The van der Waals surface area contributed by atoms with E-state index in [0.717, 1.165) is 19.3 Å². The summed E-state index contributed by atoms with van der Waals surface area (Å²) in [5.41, 5.74) is 14.6. The fourth-order valence-corrected chi connectivity index (χ4v) is 1.15. The molecule has 6 nitrogen and oxygen atoms in total. The molecule has 106 valence electrons. The molecule has 6 heteroatoms. The van der Waals surface area contributed by atoms with Gasteiger partial charge in [0.1, 0.15) is 0 Å². The largest absolute Gasteiger partial charge is 0.370 e. The van der Waals surface area contributed by atoms with Gasteiger partial charge < -0.3 is 17.2 Å². The first-order valence-electron chi connectivity index (χ1n) is 6.25. The lowest BCUT2D eigenvalue weighted by Crippen LogP contribution is -2.12. The molecule has 0 aromatic rings. The lowest BCUT2D eigenvalue weighted by atomic mass is 10.2. The van der Waals surface area contributed by atoms with Gasteiger partial charge in [-0.05, 0) is 19.3 Å². The Hall–Kier alpha value is -1.59. The van der Waals surface area contributed by atoms with Crippen LogP contribution in [0.4, 0.5) is 0 Å². The summed E-state index contributed by atoms with van der Waals surface area (Å²) in [5, 5.41) is 0. The molecule has 0 saturated heterocycles. The lowest BCUT2D eigenvalue weighted by molar-refractivity contribution is -0.119. The fraction of sp³-hybridized carbons (Fsp3) is 0.750. The number of carbonyl (C=O) groups excluding carboxylic acids is 3. The van der Waals surface area contributed by atoms with Gasteiger partial charge in [-0.2, -0.15) is 0 Å². The van der Waals surface area contributed by atoms with Crippen molar-refractivity contribution in [3.8, 4) is 0 Å². The van der Waals surface area contributed by atoms with Gasteiger partial charge in [0.15, 0.2) is 0 Å². The number of rotatable bonds is 9. The van der Waals surface area contributed by atoms with Crippen LogP contribution >= 0.6 is 0 Å². The van der Waals surface area contributed by atoms with Crippen molar-refractivity contribution in [1.29, 1.82) is 0 Å². The third kappa shape index (κ3) is 23.9. The summed E-state index contributed by atoms with van der Waals surface area (Å²) >= 11 is 0. The third-order valence-electron chi connectivity index (χ3n) is 2.12. The average molecular weight is 259 g/mol. The molecule has 0 unspecified atom stereocenters. The molecule has 0 saturated carbocycles. The monoisotopic (exact) mass is 259 g/mol. The Morgan fingerprint density at radius 1 is 0.667 bits per heavy atom. The van der Waals surface area contributed by atoms with Crippen LogP contribution in [0.1, 0.15) is 58.3 Å². The maximum atomic E-state index is 10.2. The molecule has 0 spiro atoms. The van der Waals surface area contributed by atoms with Crippen molar-refractivity contribution in [3.63, 3.8) is 0 Å². The average Bonchev–Trinajstić information content (AvgIpc) is 2.25. The van der Waals surface area contributed by atoms with Crippen molar-refractivity contribution >= 4 is 17.7 Å². The number of hydrogen-bond donors (Lipinski definition) is 3. The van der Waals surface area contributed by atoms with E-state index in [-0.39, 0.29) is 17.7 Å². The van der Waals surface area contributed by atoms with E-state index in [0.29, 0.717) is 32.1 Å². The van der Waals surface area contributed by atoms with Crippen molar-refractivity contribution in [2.75, 3.05) is 0 Å². The fourth-order valence-electron chi connectivity index (χ4n) is 1.15. The van der Waals surface area contributed by atoms with Crippen LogP contribution in [0.2, 0.25) is 0 Å². The lowest BCUT2D eigenvalue weighted by Gasteiger charge is -1.93. The van der Waals surface area contributed by atoms with Crippen molar-refractivity contribution in [3.05, 3.63) is 0 Å². The smallest absolute Gasteiger partial charge is 0.217 e. The van der Waals surface area contributed by atoms with E-state index in [1.165, 1.54) is 0 Å². The molecule has 0 radical (unpaired) electrons. The van der Waals surface area contributed by atoms with E-state index >= 15 is 0 Å². The molecule has 0 aliphatic rings. The molecule has 0 aromatic carbocycles. The standard InChI is InChI=1S/C6H12N2O2.C6H13NO/c7-5(9)3-1-2-4-6(8)10;1-2-3-4-5-6(7)8/h1-4H2,(H2,7,9)(H2,8,10);2-5H2,1H3,(H2,7,8). The Morgan fingerprint density at radius 3 is 1.17 bits per heavy atom. The highest BCUT2D eigenvalue weighted by Gasteiger charge is 1.96. The number of carbonyl (C=O) groups is 3. The number of unbranched alkanes of at least 4 members (excludes halogenated alkanes) is 3. The summed E-state index contributed by atoms with van der Waals surface area (Å²) < 4.78 is 0. The van der Waals surface area contributed by atoms with Crippen LogP contribution in [-0.2, 0) is 14.4 Å². The van der Waals surface area contributed by atoms with Crippen molar-refractivity contribution in [2.24, 2.45) is 17.2 Å². The topological polar surface area (TPSA) is 129 Å². The van der Waals surface area contributed by atoms with Crippen LogP contribution in [0.15, 0.2) is 0 Å². The molecule has 0 aromatic heterocycles. The number of hydrogen-bond acceptors (Lipinski definition) is 3. The first-order chi connectivity index (χ1) is 8.40. The summed E-state index contributed by atoms with van der Waals surface area (Å²) in [7, 11) is 0. The molecular weight excluding hydrogens is 234 g/mol. The Bertz CT molecular complexity index is 239. The number of primary amides is 3. The van der Waals surface area contributed by atoms with Gasteiger partial charge >= 0.3 is 0 Å². The molecular formula is C12H25N3O3. The molecule has 6 N–H and O–H groups in total. The van der Waals surface area contributed by atoms with Crippen LogP contribution < -0.4 is 17.2 Å². The van der Waals surface area contributed by atoms with Crippen LogP contribution in [0.5, 0.6) is 0 Å². The maximum absolute atomic E-state index is 10.2. The summed E-state index contributed by atoms with van der Waals surface area (Å²) in [5.74, 6) is -0.840. The van der Waals surface area contributed by atoms with Crippen LogP contribution in [0.25, 0.3) is 0 Å². The number of amides is 3. The summed E-state index contributed by atoms with van der Waals surface area (Å²) in [6.07, 6.45) is 5.74. The highest BCUT2D eigenvalue weighted by molar-refractivity contribution is 5.74. The van der Waals surface area contributed by atoms with Crippen LogP contribution in [-0.4, -0.2) is 17.7 Å². The van der Waals surface area contributed by atoms with E-state index < -0.39 is 0 Å². The summed E-state index contributed by atoms with van der Waals surface area (Å²) in [6, 6.07) is 0. The van der Waals surface area contributed by atoms with E-state index in [4.69, 9.17) is 17.2 Å². The van der Waals surface area contributed by atoms with Gasteiger partial charge in [-0.15, -0.1) is 0 Å². The third-order valence-corrected chi connectivity index (χ3v) is 2.12. The Morgan fingerprint density at radius 2 is 0.944 bits per heavy atom. The van der Waals surface area contributed by atoms with Gasteiger partial charge in [-0.3, -0.25) is 14.4 Å². The van der Waals surface area contributed by atoms with E-state index in [1.54, 1.807) is 0 Å².